The number of hydrogen-bond acceptors (Lipinski definition) is 3. The third-order valence-electron chi connectivity index (χ3n) is 1.31. The van der Waals surface area contributed by atoms with Crippen LogP contribution in [0.15, 0.2) is 0 Å². The van der Waals surface area contributed by atoms with Gasteiger partial charge in [-0.3, -0.25) is 4.79 Å². The molecule has 76 valence electrons. The first kappa shape index (κ1) is 11.7. The second-order valence-corrected chi connectivity index (χ2v) is 3.26. The molecule has 3 N–H and O–H groups in total. The van der Waals surface area contributed by atoms with Crippen molar-refractivity contribution in [3.63, 3.8) is 0 Å². The summed E-state index contributed by atoms with van der Waals surface area (Å²) in [7, 11) is 0. The number of nitrogens with one attached hydrogen (secondary N) is 1. The van der Waals surface area contributed by atoms with Gasteiger partial charge < -0.3 is 15.8 Å². The highest BCUT2D eigenvalue weighted by Gasteiger charge is 2.12. The van der Waals surface area contributed by atoms with E-state index in [0.717, 1.165) is 0 Å². The Bertz CT molecular complexity index is 192. The van der Waals surface area contributed by atoms with E-state index in [0.29, 0.717) is 6.61 Å². The third kappa shape index (κ3) is 5.95. The van der Waals surface area contributed by atoms with E-state index >= 15 is 0 Å². The molecule has 5 heteroatoms. The zero-order valence-corrected chi connectivity index (χ0v) is 8.16. The molecule has 0 aliphatic rings. The van der Waals surface area contributed by atoms with Crippen LogP contribution in [0.25, 0.3) is 0 Å². The lowest BCUT2D eigenvalue weighted by Gasteiger charge is -2.11. The van der Waals surface area contributed by atoms with Gasteiger partial charge in [0.15, 0.2) is 0 Å². The summed E-state index contributed by atoms with van der Waals surface area (Å²) >= 11 is 0. The average molecular weight is 188 g/mol. The van der Waals surface area contributed by atoms with Crippen LogP contribution < -0.4 is 11.1 Å². The Kier molecular flexibility index (Phi) is 4.87. The fourth-order valence-corrected chi connectivity index (χ4v) is 0.532. The minimum atomic E-state index is -0.695. The molecular weight excluding hydrogens is 172 g/mol. The molecule has 0 saturated carbocycles. The Labute approximate surface area is 77.6 Å². The highest BCUT2D eigenvalue weighted by atomic mass is 16.5. The molecule has 0 aromatic carbocycles. The Morgan fingerprint density at radius 2 is 1.92 bits per heavy atom. The number of ether oxygens (including phenoxy) is 1. The van der Waals surface area contributed by atoms with Crippen molar-refractivity contribution < 1.29 is 14.3 Å². The molecule has 0 bridgehead atoms. The fraction of sp³-hybridized carbons (Fsp3) is 0.750. The minimum absolute atomic E-state index is 0.273. The smallest absolute Gasteiger partial charge is 0.407 e. The van der Waals surface area contributed by atoms with Gasteiger partial charge in [-0.25, -0.2) is 4.79 Å². The molecule has 0 heterocycles. The Morgan fingerprint density at radius 1 is 1.38 bits per heavy atom. The molecule has 0 aliphatic carbocycles. The van der Waals surface area contributed by atoms with Gasteiger partial charge in [0, 0.05) is 0 Å². The molecule has 0 aromatic rings. The highest BCUT2D eigenvalue weighted by molar-refractivity contribution is 5.83. The fourth-order valence-electron chi connectivity index (χ4n) is 0.532. The summed E-state index contributed by atoms with van der Waals surface area (Å²) in [5.41, 5.74) is 4.93. The third-order valence-corrected chi connectivity index (χ3v) is 1.31. The predicted octanol–water partition coefficient (Wildman–Crippen LogP) is 0.242. The van der Waals surface area contributed by atoms with Crippen molar-refractivity contribution in [1.29, 1.82) is 0 Å². The Morgan fingerprint density at radius 3 is 2.31 bits per heavy atom. The molecule has 0 aliphatic heterocycles. The van der Waals surface area contributed by atoms with Gasteiger partial charge in [0.25, 0.3) is 0 Å². The number of amides is 2. The summed E-state index contributed by atoms with van der Waals surface area (Å²) in [6.45, 7) is 5.67. The van der Waals surface area contributed by atoms with Crippen LogP contribution >= 0.6 is 0 Å². The molecule has 13 heavy (non-hydrogen) atoms. The van der Waals surface area contributed by atoms with Gasteiger partial charge in [-0.1, -0.05) is 13.8 Å². The number of alkyl carbamates (subject to hydrolysis) is 1. The van der Waals surface area contributed by atoms with Crippen molar-refractivity contribution in [3.8, 4) is 0 Å². The maximum atomic E-state index is 10.9. The van der Waals surface area contributed by atoms with E-state index in [-0.39, 0.29) is 5.92 Å². The van der Waals surface area contributed by atoms with Crippen molar-refractivity contribution >= 4 is 12.0 Å². The molecule has 1 atom stereocenters. The largest absolute Gasteiger partial charge is 0.449 e. The van der Waals surface area contributed by atoms with Gasteiger partial charge in [0.05, 0.1) is 6.61 Å². The molecule has 0 saturated heterocycles. The van der Waals surface area contributed by atoms with Crippen LogP contribution in [0.3, 0.4) is 0 Å². The lowest BCUT2D eigenvalue weighted by atomic mass is 10.2. The van der Waals surface area contributed by atoms with Gasteiger partial charge >= 0.3 is 6.09 Å². The monoisotopic (exact) mass is 188 g/mol. The van der Waals surface area contributed by atoms with Crippen LogP contribution in [0, 0.1) is 5.92 Å². The molecule has 0 spiro atoms. The maximum Gasteiger partial charge on any atom is 0.407 e. The number of hydrogen-bond donors (Lipinski definition) is 2. The van der Waals surface area contributed by atoms with Crippen LogP contribution in [0.5, 0.6) is 0 Å². The van der Waals surface area contributed by atoms with Crippen molar-refractivity contribution in [2.24, 2.45) is 11.7 Å². The van der Waals surface area contributed by atoms with Crippen molar-refractivity contribution in [2.45, 2.75) is 26.8 Å². The van der Waals surface area contributed by atoms with E-state index in [9.17, 15) is 9.59 Å². The van der Waals surface area contributed by atoms with E-state index in [1.807, 2.05) is 13.8 Å². The summed E-state index contributed by atoms with van der Waals surface area (Å²) in [5.74, 6) is -0.309. The average Bonchev–Trinajstić information content (AvgIpc) is 2.00. The van der Waals surface area contributed by atoms with E-state index < -0.39 is 18.0 Å². The summed E-state index contributed by atoms with van der Waals surface area (Å²) in [5, 5.41) is 2.30. The van der Waals surface area contributed by atoms with E-state index in [1.165, 1.54) is 6.92 Å². The van der Waals surface area contributed by atoms with Crippen molar-refractivity contribution in [2.75, 3.05) is 6.61 Å². The Balaban J connectivity index is 3.68. The van der Waals surface area contributed by atoms with E-state index in [2.05, 4.69) is 5.32 Å². The van der Waals surface area contributed by atoms with Crippen LogP contribution in [-0.4, -0.2) is 24.6 Å². The standard InChI is InChI=1S/C8H16N2O3/c1-5(2)4-13-8(12)10-6(3)7(9)11/h5-6H,4H2,1-3H3,(H2,9,11)(H,10,12). The van der Waals surface area contributed by atoms with Gasteiger partial charge in [-0.15, -0.1) is 0 Å². The Hall–Kier alpha value is -1.26. The number of rotatable bonds is 4. The first-order chi connectivity index (χ1) is 5.93. The number of carbonyl (C=O) groups is 2. The van der Waals surface area contributed by atoms with E-state index in [1.54, 1.807) is 0 Å². The summed E-state index contributed by atoms with van der Waals surface area (Å²) in [6.07, 6.45) is -0.611. The maximum absolute atomic E-state index is 10.9. The van der Waals surface area contributed by atoms with Gasteiger partial charge in [-0.05, 0) is 12.8 Å². The molecule has 2 amide bonds. The van der Waals surface area contributed by atoms with Crippen LogP contribution in [0.4, 0.5) is 4.79 Å². The lowest BCUT2D eigenvalue weighted by molar-refractivity contribution is -0.119. The quantitative estimate of drug-likeness (QED) is 0.663. The number of nitrogens with two attached hydrogens (primary N) is 1. The van der Waals surface area contributed by atoms with E-state index in [4.69, 9.17) is 10.5 Å². The summed E-state index contributed by atoms with van der Waals surface area (Å²) in [6, 6.07) is -0.695. The van der Waals surface area contributed by atoms with Crippen molar-refractivity contribution in [3.05, 3.63) is 0 Å². The first-order valence-electron chi connectivity index (χ1n) is 4.16. The molecule has 1 unspecified atom stereocenters. The van der Waals surface area contributed by atoms with Crippen LogP contribution in [0.2, 0.25) is 0 Å². The first-order valence-corrected chi connectivity index (χ1v) is 4.16. The van der Waals surface area contributed by atoms with Crippen LogP contribution in [0.1, 0.15) is 20.8 Å². The molecular formula is C8H16N2O3. The zero-order chi connectivity index (χ0) is 10.4. The lowest BCUT2D eigenvalue weighted by Crippen LogP contribution is -2.42. The predicted molar refractivity (Wildman–Crippen MR) is 48.0 cm³/mol. The molecule has 0 fully saturated rings. The zero-order valence-electron chi connectivity index (χ0n) is 8.16. The van der Waals surface area contributed by atoms with Crippen molar-refractivity contribution in [1.82, 2.24) is 5.32 Å². The molecule has 0 aromatic heterocycles. The van der Waals surface area contributed by atoms with Crippen LogP contribution in [-0.2, 0) is 9.53 Å². The summed E-state index contributed by atoms with van der Waals surface area (Å²) < 4.78 is 4.77. The topological polar surface area (TPSA) is 81.4 Å². The number of primary amides is 1. The van der Waals surface area contributed by atoms with Gasteiger partial charge in [0.2, 0.25) is 5.91 Å². The minimum Gasteiger partial charge on any atom is -0.449 e. The second-order valence-electron chi connectivity index (χ2n) is 3.26. The number of carbonyl (C=O) groups excluding carboxylic acids is 2. The normalized spacial score (nSPS) is 12.3. The molecule has 5 nitrogen and oxygen atoms in total. The molecule has 0 radical (unpaired) electrons. The second kappa shape index (κ2) is 5.40. The SMILES string of the molecule is CC(C)COC(=O)NC(C)C(N)=O. The van der Waals surface area contributed by atoms with Gasteiger partial charge in [0.1, 0.15) is 6.04 Å². The van der Waals surface area contributed by atoms with Gasteiger partial charge in [-0.2, -0.15) is 0 Å². The molecule has 0 rings (SSSR count). The highest BCUT2D eigenvalue weighted by Crippen LogP contribution is 1.93. The summed E-state index contributed by atoms with van der Waals surface area (Å²) in [4.78, 5) is 21.4.